The molecule has 7 rings (SSSR count). The number of methoxy groups -OCH3 is 1. The molecule has 5 aliphatic rings. The maximum absolute atomic E-state index is 14.9. The normalized spacial score (nSPS) is 30.7. The van der Waals surface area contributed by atoms with Crippen molar-refractivity contribution in [1.82, 2.24) is 25.2 Å². The molecule has 3 saturated carbocycles. The lowest BCUT2D eigenvalue weighted by atomic mass is 9.84. The van der Waals surface area contributed by atoms with Crippen LogP contribution in [0.5, 0.6) is 11.6 Å². The first-order valence-electron chi connectivity index (χ1n) is 20.0. The minimum Gasteiger partial charge on any atom is -0.494 e. The Bertz CT molecular complexity index is 2160. The van der Waals surface area contributed by atoms with Crippen molar-refractivity contribution >= 4 is 44.6 Å². The van der Waals surface area contributed by atoms with Crippen LogP contribution >= 0.6 is 0 Å². The number of ether oxygens (including phenoxy) is 3. The number of hydrogen-bond acceptors (Lipinski definition) is 10. The van der Waals surface area contributed by atoms with Crippen LogP contribution in [0.25, 0.3) is 10.8 Å². The van der Waals surface area contributed by atoms with Crippen LogP contribution in [0, 0.1) is 29.0 Å². The second-order valence-corrected chi connectivity index (χ2v) is 19.2. The summed E-state index contributed by atoms with van der Waals surface area (Å²) in [6, 6.07) is 1.40. The maximum Gasteiger partial charge on any atom is 0.423 e. The van der Waals surface area contributed by atoms with Crippen LogP contribution in [0.2, 0.25) is 0 Å². The van der Waals surface area contributed by atoms with Gasteiger partial charge in [-0.05, 0) is 87.3 Å². The van der Waals surface area contributed by atoms with E-state index in [9.17, 15) is 45.2 Å². The van der Waals surface area contributed by atoms with Crippen LogP contribution in [-0.4, -0.2) is 90.6 Å². The lowest BCUT2D eigenvalue weighted by molar-refractivity contribution is -0.193. The summed E-state index contributed by atoms with van der Waals surface area (Å²) in [5, 5.41) is 6.00. The molecule has 0 unspecified atom stereocenters. The van der Waals surface area contributed by atoms with Gasteiger partial charge in [0, 0.05) is 30.3 Å². The van der Waals surface area contributed by atoms with Gasteiger partial charge < -0.3 is 29.7 Å². The number of allylic oxidation sites excluding steroid dienone is 1. The molecule has 0 bridgehead atoms. The Morgan fingerprint density at radius 1 is 1.12 bits per heavy atom. The van der Waals surface area contributed by atoms with Gasteiger partial charge in [-0.3, -0.25) is 14.4 Å². The Hall–Kier alpha value is -4.68. The lowest BCUT2D eigenvalue weighted by Crippen LogP contribution is -2.59. The third-order valence-corrected chi connectivity index (χ3v) is 14.8. The van der Waals surface area contributed by atoms with Gasteiger partial charge >= 0.3 is 12.3 Å². The molecule has 2 aliphatic heterocycles. The predicted molar refractivity (Wildman–Crippen MR) is 204 cm³/mol. The standard InChI is InChI=1S/C40H49F4N5O9S/c1-5-23-16-22(2)8-6-7-9-25-20-39(25,58-36(53)48-59(54,55)37(3)11-12-37)47-32(50)29-18-26(57-33-27-19-28(41)30(56-4)17-24(27)10-15-45-33)21-49(29)34(51)31(23)46-35(52)38(13-14-38)40(42,43)44/h7,9-10,15,17,19,22-23,25-26,29,31H,5-6,8,11-14,16,18,20-21H2,1-4H3,(H,46,52)(H,47,50)(H,48,53)/b9-7-/t22-,23-,25-,26-,29+,31+,39-/m1/s1. The largest absolute Gasteiger partial charge is 0.494 e. The predicted octanol–water partition coefficient (Wildman–Crippen LogP) is 5.40. The van der Waals surface area contributed by atoms with Gasteiger partial charge in [0.25, 0.3) is 0 Å². The fourth-order valence-electron chi connectivity index (χ4n) is 8.28. The number of nitrogens with one attached hydrogen (secondary N) is 3. The van der Waals surface area contributed by atoms with E-state index in [4.69, 9.17) is 14.2 Å². The van der Waals surface area contributed by atoms with E-state index in [-0.39, 0.29) is 42.3 Å². The smallest absolute Gasteiger partial charge is 0.423 e. The minimum atomic E-state index is -4.84. The molecule has 4 fully saturated rings. The fraction of sp³-hybridized carbons (Fsp3) is 0.625. The van der Waals surface area contributed by atoms with E-state index in [1.807, 2.05) is 17.7 Å². The molecule has 4 amide bonds. The van der Waals surface area contributed by atoms with Crippen molar-refractivity contribution in [3.8, 4) is 11.6 Å². The zero-order valence-electron chi connectivity index (χ0n) is 33.2. The molecule has 3 heterocycles. The molecule has 19 heteroatoms. The highest BCUT2D eigenvalue weighted by atomic mass is 32.2. The average Bonchev–Trinajstić information content (AvgIpc) is 4.12. The van der Waals surface area contributed by atoms with E-state index in [1.165, 1.54) is 32.4 Å². The van der Waals surface area contributed by atoms with Crippen LogP contribution in [0.1, 0.15) is 85.0 Å². The number of alkyl halides is 3. The summed E-state index contributed by atoms with van der Waals surface area (Å²) in [5.41, 5.74) is -4.32. The third kappa shape index (κ3) is 8.27. The number of carbonyl (C=O) groups excluding carboxylic acids is 4. The number of sulfonamides is 1. The highest BCUT2D eigenvalue weighted by Gasteiger charge is 2.69. The highest BCUT2D eigenvalue weighted by Crippen LogP contribution is 2.58. The Labute approximate surface area is 339 Å². The fourth-order valence-corrected chi connectivity index (χ4v) is 9.43. The summed E-state index contributed by atoms with van der Waals surface area (Å²) >= 11 is 0. The monoisotopic (exact) mass is 851 g/mol. The second-order valence-electron chi connectivity index (χ2n) is 17.0. The van der Waals surface area contributed by atoms with Gasteiger partial charge in [0.05, 0.1) is 18.4 Å². The zero-order valence-corrected chi connectivity index (χ0v) is 34.0. The molecule has 0 radical (unpaired) electrons. The number of rotatable bonds is 9. The Kier molecular flexibility index (Phi) is 11.1. The van der Waals surface area contributed by atoms with Crippen molar-refractivity contribution in [1.29, 1.82) is 0 Å². The number of amides is 4. The molecular weight excluding hydrogens is 803 g/mol. The zero-order chi connectivity index (χ0) is 42.7. The first-order chi connectivity index (χ1) is 27.7. The summed E-state index contributed by atoms with van der Waals surface area (Å²) in [6.07, 6.45) is -0.500. The van der Waals surface area contributed by atoms with Crippen LogP contribution in [-0.2, 0) is 29.1 Å². The summed E-state index contributed by atoms with van der Waals surface area (Å²) < 4.78 is 101. The van der Waals surface area contributed by atoms with Crippen LogP contribution in [0.3, 0.4) is 0 Å². The van der Waals surface area contributed by atoms with Crippen molar-refractivity contribution in [2.75, 3.05) is 13.7 Å². The number of halogens is 4. The van der Waals surface area contributed by atoms with Gasteiger partial charge in [0.1, 0.15) is 23.6 Å². The van der Waals surface area contributed by atoms with E-state index in [2.05, 4.69) is 15.6 Å². The van der Waals surface area contributed by atoms with E-state index in [0.717, 1.165) is 4.90 Å². The van der Waals surface area contributed by atoms with Crippen molar-refractivity contribution in [2.45, 2.75) is 120 Å². The quantitative estimate of drug-likeness (QED) is 0.218. The Morgan fingerprint density at radius 3 is 2.49 bits per heavy atom. The van der Waals surface area contributed by atoms with Gasteiger partial charge in [0.15, 0.2) is 17.3 Å². The van der Waals surface area contributed by atoms with Gasteiger partial charge in [-0.2, -0.15) is 13.2 Å². The first-order valence-corrected chi connectivity index (χ1v) is 21.4. The Morgan fingerprint density at radius 2 is 1.85 bits per heavy atom. The number of aromatic nitrogens is 1. The van der Waals surface area contributed by atoms with Crippen molar-refractivity contribution < 1.29 is 59.4 Å². The van der Waals surface area contributed by atoms with Crippen LogP contribution in [0.4, 0.5) is 22.4 Å². The van der Waals surface area contributed by atoms with Crippen molar-refractivity contribution in [3.63, 3.8) is 0 Å². The van der Waals surface area contributed by atoms with Gasteiger partial charge in [-0.1, -0.05) is 32.4 Å². The second kappa shape index (κ2) is 15.4. The molecule has 3 aliphatic carbocycles. The molecule has 1 aromatic carbocycles. The number of fused-ring (bicyclic) bond motifs is 3. The summed E-state index contributed by atoms with van der Waals surface area (Å²) in [4.78, 5) is 61.5. The number of pyridine rings is 1. The molecule has 1 saturated heterocycles. The molecular formula is C40H49F4N5O9S. The van der Waals surface area contributed by atoms with Crippen LogP contribution in [0.15, 0.2) is 36.5 Å². The molecule has 322 valence electrons. The molecule has 0 spiro atoms. The SMILES string of the molecule is CC[C@@H]1C[C@H](C)CC/C=C\[C@@H]2C[C@]2(OC(=O)NS(=O)(=O)C2(C)CC2)NC(=O)[C@@H]2C[C@@H](Oc3nccc4cc(OC)c(F)cc34)CN2C(=O)[C@H]1NC(=O)C1(C(F)(F)F)CC1. The van der Waals surface area contributed by atoms with E-state index < -0.39 is 105 Å². The van der Waals surface area contributed by atoms with Gasteiger partial charge in [-0.25, -0.2) is 27.3 Å². The number of benzene rings is 1. The molecule has 2 aromatic rings. The topological polar surface area (TPSA) is 182 Å². The van der Waals surface area contributed by atoms with Crippen molar-refractivity contribution in [2.24, 2.45) is 23.2 Å². The number of hydrogen-bond donors (Lipinski definition) is 3. The molecule has 7 atom stereocenters. The molecule has 14 nitrogen and oxygen atoms in total. The highest BCUT2D eigenvalue weighted by molar-refractivity contribution is 7.91. The molecule has 3 N–H and O–H groups in total. The summed E-state index contributed by atoms with van der Waals surface area (Å²) in [7, 11) is -2.79. The van der Waals surface area contributed by atoms with Gasteiger partial charge in [-0.15, -0.1) is 0 Å². The first kappa shape index (κ1) is 42.4. The molecule has 1 aromatic heterocycles. The van der Waals surface area contributed by atoms with Crippen molar-refractivity contribution in [3.05, 3.63) is 42.4 Å². The Balaban J connectivity index is 1.23. The van der Waals surface area contributed by atoms with E-state index >= 15 is 0 Å². The van der Waals surface area contributed by atoms with E-state index in [1.54, 1.807) is 19.1 Å². The van der Waals surface area contributed by atoms with E-state index in [0.29, 0.717) is 43.9 Å². The lowest BCUT2D eigenvalue weighted by Gasteiger charge is -2.35. The average molecular weight is 852 g/mol. The van der Waals surface area contributed by atoms with Crippen LogP contribution < -0.4 is 24.8 Å². The molecule has 59 heavy (non-hydrogen) atoms. The van der Waals surface area contributed by atoms with Gasteiger partial charge in [0.2, 0.25) is 33.6 Å². The minimum absolute atomic E-state index is 0.0209. The third-order valence-electron chi connectivity index (χ3n) is 12.7. The maximum atomic E-state index is 14.9. The number of nitrogens with zero attached hydrogens (tertiary/aromatic N) is 2. The summed E-state index contributed by atoms with van der Waals surface area (Å²) in [6.45, 7) is 4.92. The number of carbonyl (C=O) groups is 4. The summed E-state index contributed by atoms with van der Waals surface area (Å²) in [5.74, 6) is -4.91.